The number of benzene rings is 2. The first-order valence-electron chi connectivity index (χ1n) is 8.96. The number of nitrogens with one attached hydrogen (secondary N) is 3. The number of rotatable bonds is 6. The first-order valence-corrected chi connectivity index (χ1v) is 10.8. The minimum absolute atomic E-state index is 0.0614. The van der Waals surface area contributed by atoms with E-state index in [2.05, 4.69) is 15.4 Å². The number of halogens is 1. The Kier molecular flexibility index (Phi) is 7.05. The molecule has 0 aliphatic carbocycles. The summed E-state index contributed by atoms with van der Waals surface area (Å²) in [6.45, 7) is 6.96. The van der Waals surface area contributed by atoms with Crippen LogP contribution in [0.2, 0.25) is 5.02 Å². The summed E-state index contributed by atoms with van der Waals surface area (Å²) in [4.78, 5) is 24.1. The van der Waals surface area contributed by atoms with Crippen molar-refractivity contribution in [3.05, 3.63) is 53.1 Å². The normalized spacial score (nSPS) is 11.8. The molecule has 0 bridgehead atoms. The zero-order valence-electron chi connectivity index (χ0n) is 16.7. The lowest BCUT2D eigenvalue weighted by molar-refractivity contribution is -0.115. The molecule has 0 fully saturated rings. The van der Waals surface area contributed by atoms with Gasteiger partial charge in [-0.15, -0.1) is 0 Å². The maximum Gasteiger partial charge on any atom is 0.255 e. The van der Waals surface area contributed by atoms with E-state index in [1.54, 1.807) is 45.9 Å². The van der Waals surface area contributed by atoms with Gasteiger partial charge in [-0.05, 0) is 63.2 Å². The largest absolute Gasteiger partial charge is 0.326 e. The third kappa shape index (κ3) is 6.56. The van der Waals surface area contributed by atoms with Crippen LogP contribution < -0.4 is 15.4 Å². The van der Waals surface area contributed by atoms with Crippen molar-refractivity contribution in [1.29, 1.82) is 0 Å². The van der Waals surface area contributed by atoms with Crippen molar-refractivity contribution in [3.8, 4) is 0 Å². The van der Waals surface area contributed by atoms with E-state index in [4.69, 9.17) is 11.6 Å². The van der Waals surface area contributed by atoms with E-state index in [1.165, 1.54) is 24.3 Å². The Labute approximate surface area is 175 Å². The van der Waals surface area contributed by atoms with E-state index in [0.29, 0.717) is 22.8 Å². The number of hydrogen-bond donors (Lipinski definition) is 3. The Bertz CT molecular complexity index is 1010. The Balaban J connectivity index is 2.18. The molecule has 0 aliphatic rings. The van der Waals surface area contributed by atoms with Gasteiger partial charge in [0, 0.05) is 23.2 Å². The van der Waals surface area contributed by atoms with Crippen molar-refractivity contribution >= 4 is 44.8 Å². The van der Waals surface area contributed by atoms with Gasteiger partial charge in [0.1, 0.15) is 0 Å². The first-order chi connectivity index (χ1) is 13.4. The predicted molar refractivity (Wildman–Crippen MR) is 115 cm³/mol. The summed E-state index contributed by atoms with van der Waals surface area (Å²) in [5, 5.41) is 5.67. The van der Waals surface area contributed by atoms with Gasteiger partial charge in [-0.1, -0.05) is 18.5 Å². The second-order valence-corrected chi connectivity index (χ2v) is 9.52. The Morgan fingerprint density at radius 1 is 1.00 bits per heavy atom. The van der Waals surface area contributed by atoms with Crippen LogP contribution in [0, 0.1) is 0 Å². The quantitative estimate of drug-likeness (QED) is 0.634. The van der Waals surface area contributed by atoms with E-state index >= 15 is 0 Å². The van der Waals surface area contributed by atoms with Crippen molar-refractivity contribution in [2.75, 3.05) is 10.6 Å². The minimum atomic E-state index is -3.69. The third-order valence-corrected chi connectivity index (χ3v) is 5.79. The smallest absolute Gasteiger partial charge is 0.255 e. The zero-order chi connectivity index (χ0) is 21.8. The number of carbonyl (C=O) groups excluding carboxylic acids is 2. The molecule has 7 nitrogen and oxygen atoms in total. The SMILES string of the molecule is CCC(=O)Nc1ccc(Cl)c(NC(=O)c2ccc(S(=O)(=O)NC(C)(C)C)cc2)c1. The van der Waals surface area contributed by atoms with Crippen LogP contribution in [0.1, 0.15) is 44.5 Å². The van der Waals surface area contributed by atoms with Crippen molar-refractivity contribution < 1.29 is 18.0 Å². The van der Waals surface area contributed by atoms with Crippen LogP contribution in [0.3, 0.4) is 0 Å². The molecule has 0 aliphatic heterocycles. The maximum absolute atomic E-state index is 12.5. The molecule has 9 heteroatoms. The number of sulfonamides is 1. The topological polar surface area (TPSA) is 104 Å². The summed E-state index contributed by atoms with van der Waals surface area (Å²) in [5.74, 6) is -0.621. The molecule has 0 spiro atoms. The monoisotopic (exact) mass is 437 g/mol. The molecule has 3 N–H and O–H groups in total. The summed E-state index contributed by atoms with van der Waals surface area (Å²) < 4.78 is 27.3. The summed E-state index contributed by atoms with van der Waals surface area (Å²) in [6, 6.07) is 10.3. The Morgan fingerprint density at radius 3 is 2.17 bits per heavy atom. The van der Waals surface area contributed by atoms with Gasteiger partial charge in [0.25, 0.3) is 5.91 Å². The van der Waals surface area contributed by atoms with Gasteiger partial charge in [-0.3, -0.25) is 9.59 Å². The highest BCUT2D eigenvalue weighted by molar-refractivity contribution is 7.89. The summed E-state index contributed by atoms with van der Waals surface area (Å²) in [7, 11) is -3.69. The molecular weight excluding hydrogens is 414 g/mol. The fourth-order valence-corrected chi connectivity index (χ4v) is 3.97. The first kappa shape index (κ1) is 22.9. The van der Waals surface area contributed by atoms with Gasteiger partial charge >= 0.3 is 0 Å². The fourth-order valence-electron chi connectivity index (χ4n) is 2.39. The molecule has 2 aromatic carbocycles. The van der Waals surface area contributed by atoms with Crippen LogP contribution in [0.25, 0.3) is 0 Å². The molecule has 0 aromatic heterocycles. The molecule has 0 atom stereocenters. The summed E-state index contributed by atoms with van der Waals surface area (Å²) in [5.41, 5.74) is 0.478. The highest BCUT2D eigenvalue weighted by Crippen LogP contribution is 2.26. The van der Waals surface area contributed by atoms with Crippen LogP contribution >= 0.6 is 11.6 Å². The van der Waals surface area contributed by atoms with E-state index in [-0.39, 0.29) is 16.4 Å². The Morgan fingerprint density at radius 2 is 1.62 bits per heavy atom. The van der Waals surface area contributed by atoms with Crippen molar-refractivity contribution in [3.63, 3.8) is 0 Å². The van der Waals surface area contributed by atoms with Gasteiger partial charge in [0.05, 0.1) is 15.6 Å². The van der Waals surface area contributed by atoms with Crippen LogP contribution in [-0.2, 0) is 14.8 Å². The van der Waals surface area contributed by atoms with E-state index < -0.39 is 21.5 Å². The molecule has 0 heterocycles. The average molecular weight is 438 g/mol. The van der Waals surface area contributed by atoms with E-state index in [0.717, 1.165) is 0 Å². The van der Waals surface area contributed by atoms with E-state index in [9.17, 15) is 18.0 Å². The highest BCUT2D eigenvalue weighted by atomic mass is 35.5. The van der Waals surface area contributed by atoms with E-state index in [1.807, 2.05) is 0 Å². The number of anilines is 2. The van der Waals surface area contributed by atoms with Crippen LogP contribution in [-0.4, -0.2) is 25.8 Å². The maximum atomic E-state index is 12.5. The molecule has 0 saturated carbocycles. The number of carbonyl (C=O) groups is 2. The standard InChI is InChI=1S/C20H24ClN3O4S/c1-5-18(25)22-14-8-11-16(21)17(12-14)23-19(26)13-6-9-15(10-7-13)29(27,28)24-20(2,3)4/h6-12,24H,5H2,1-4H3,(H,22,25)(H,23,26). The lowest BCUT2D eigenvalue weighted by Crippen LogP contribution is -2.40. The molecule has 2 rings (SSSR count). The predicted octanol–water partition coefficient (Wildman–Crippen LogP) is 4.02. The van der Waals surface area contributed by atoms with Gasteiger partial charge in [-0.25, -0.2) is 13.1 Å². The van der Waals surface area contributed by atoms with Gasteiger partial charge in [0.15, 0.2) is 0 Å². The number of amides is 2. The molecule has 2 amide bonds. The molecule has 29 heavy (non-hydrogen) atoms. The molecule has 0 saturated heterocycles. The summed E-state index contributed by atoms with van der Waals surface area (Å²) >= 11 is 6.13. The van der Waals surface area contributed by atoms with Crippen LogP contribution in [0.4, 0.5) is 11.4 Å². The van der Waals surface area contributed by atoms with Crippen molar-refractivity contribution in [2.45, 2.75) is 44.6 Å². The average Bonchev–Trinajstić information content (AvgIpc) is 2.62. The van der Waals surface area contributed by atoms with Crippen molar-refractivity contribution in [2.24, 2.45) is 0 Å². The van der Waals surface area contributed by atoms with Gasteiger partial charge in [0.2, 0.25) is 15.9 Å². The van der Waals surface area contributed by atoms with Crippen LogP contribution in [0.5, 0.6) is 0 Å². The fraction of sp³-hybridized carbons (Fsp3) is 0.300. The third-order valence-electron chi connectivity index (χ3n) is 3.69. The number of hydrogen-bond acceptors (Lipinski definition) is 4. The van der Waals surface area contributed by atoms with Crippen molar-refractivity contribution in [1.82, 2.24) is 4.72 Å². The lowest BCUT2D eigenvalue weighted by atomic mass is 10.1. The highest BCUT2D eigenvalue weighted by Gasteiger charge is 2.22. The van der Waals surface area contributed by atoms with Gasteiger partial charge < -0.3 is 10.6 Å². The Hall–Kier alpha value is -2.42. The summed E-state index contributed by atoms with van der Waals surface area (Å²) in [6.07, 6.45) is 0.323. The minimum Gasteiger partial charge on any atom is -0.326 e. The molecule has 0 unspecified atom stereocenters. The molecule has 2 aromatic rings. The second-order valence-electron chi connectivity index (χ2n) is 7.43. The molecule has 156 valence electrons. The lowest BCUT2D eigenvalue weighted by Gasteiger charge is -2.20. The zero-order valence-corrected chi connectivity index (χ0v) is 18.2. The second kappa shape index (κ2) is 8.94. The molecular formula is C20H24ClN3O4S. The van der Waals surface area contributed by atoms with Gasteiger partial charge in [-0.2, -0.15) is 0 Å². The van der Waals surface area contributed by atoms with Crippen LogP contribution in [0.15, 0.2) is 47.4 Å². The molecule has 0 radical (unpaired) electrons.